The first kappa shape index (κ1) is 14.8. The van der Waals surface area contributed by atoms with Gasteiger partial charge in [0.05, 0.1) is 0 Å². The lowest BCUT2D eigenvalue weighted by molar-refractivity contribution is -0.130. The Morgan fingerprint density at radius 2 is 1.70 bits per heavy atom. The predicted molar refractivity (Wildman–Crippen MR) is 79.5 cm³/mol. The third-order valence-electron chi connectivity index (χ3n) is 4.03. The number of amides is 2. The summed E-state index contributed by atoms with van der Waals surface area (Å²) in [7, 11) is 0. The van der Waals surface area contributed by atoms with E-state index in [9.17, 15) is 9.59 Å². The number of carbonyl (C=O) groups is 2. The first-order valence-electron chi connectivity index (χ1n) is 7.56. The van der Waals surface area contributed by atoms with Crippen LogP contribution in [0, 0.1) is 6.92 Å². The molecule has 0 bridgehead atoms. The van der Waals surface area contributed by atoms with Crippen molar-refractivity contribution in [3.63, 3.8) is 0 Å². The van der Waals surface area contributed by atoms with Crippen LogP contribution in [0.2, 0.25) is 0 Å². The van der Waals surface area contributed by atoms with E-state index in [1.54, 1.807) is 0 Å². The summed E-state index contributed by atoms with van der Waals surface area (Å²) in [5.74, 6) is -0.189. The Kier molecular flexibility index (Phi) is 4.94. The van der Waals surface area contributed by atoms with Crippen molar-refractivity contribution in [2.75, 3.05) is 0 Å². The van der Waals surface area contributed by atoms with Gasteiger partial charge in [0, 0.05) is 18.0 Å². The number of rotatable bonds is 3. The molecule has 0 aromatic heterocycles. The number of carbonyl (C=O) groups excluding carboxylic acids is 2. The van der Waals surface area contributed by atoms with E-state index >= 15 is 0 Å². The Morgan fingerprint density at radius 1 is 1.10 bits per heavy atom. The molecule has 1 aliphatic rings. The van der Waals surface area contributed by atoms with Gasteiger partial charge in [-0.05, 0) is 31.9 Å². The van der Waals surface area contributed by atoms with Crippen LogP contribution in [-0.2, 0) is 4.79 Å². The minimum absolute atomic E-state index is 0.0533. The highest BCUT2D eigenvalue weighted by atomic mass is 16.2. The van der Waals surface area contributed by atoms with Crippen LogP contribution in [-0.4, -0.2) is 22.8 Å². The Morgan fingerprint density at radius 3 is 2.25 bits per heavy atom. The van der Waals surface area contributed by atoms with Crippen molar-refractivity contribution in [1.82, 2.24) is 4.90 Å². The van der Waals surface area contributed by atoms with Crippen LogP contribution in [0.5, 0.6) is 0 Å². The molecule has 1 aromatic rings. The molecule has 0 unspecified atom stereocenters. The van der Waals surface area contributed by atoms with Crippen molar-refractivity contribution in [3.05, 3.63) is 35.4 Å². The van der Waals surface area contributed by atoms with Gasteiger partial charge in [0.25, 0.3) is 5.91 Å². The number of hydrogen-bond acceptors (Lipinski definition) is 2. The van der Waals surface area contributed by atoms with E-state index in [-0.39, 0.29) is 17.9 Å². The molecule has 0 atom stereocenters. The van der Waals surface area contributed by atoms with Crippen molar-refractivity contribution in [2.24, 2.45) is 0 Å². The van der Waals surface area contributed by atoms with Gasteiger partial charge >= 0.3 is 0 Å². The summed E-state index contributed by atoms with van der Waals surface area (Å²) in [6, 6.07) is 7.56. The summed E-state index contributed by atoms with van der Waals surface area (Å²) < 4.78 is 0. The minimum atomic E-state index is -0.135. The minimum Gasteiger partial charge on any atom is -0.275 e. The number of benzene rings is 1. The standard InChI is InChI=1S/C17H23NO2/c1-3-16(19)18(15-7-5-4-6-8-15)17(20)14-11-9-13(2)10-12-14/h9-12,15H,3-8H2,1-2H3. The number of imide groups is 1. The van der Waals surface area contributed by atoms with Crippen LogP contribution >= 0.6 is 0 Å². The molecule has 1 fully saturated rings. The number of aryl methyl sites for hydroxylation is 1. The lowest BCUT2D eigenvalue weighted by atomic mass is 9.93. The highest BCUT2D eigenvalue weighted by Crippen LogP contribution is 2.24. The topological polar surface area (TPSA) is 37.4 Å². The molecular formula is C17H23NO2. The van der Waals surface area contributed by atoms with Gasteiger partial charge in [-0.2, -0.15) is 0 Å². The molecule has 2 rings (SSSR count). The van der Waals surface area contributed by atoms with E-state index in [2.05, 4.69) is 0 Å². The fourth-order valence-electron chi connectivity index (χ4n) is 2.83. The summed E-state index contributed by atoms with van der Waals surface area (Å²) in [6.45, 7) is 3.81. The molecule has 0 saturated heterocycles. The zero-order chi connectivity index (χ0) is 14.5. The second kappa shape index (κ2) is 6.69. The van der Waals surface area contributed by atoms with Gasteiger partial charge in [-0.3, -0.25) is 14.5 Å². The van der Waals surface area contributed by atoms with Crippen molar-refractivity contribution >= 4 is 11.8 Å². The van der Waals surface area contributed by atoms with Crippen LogP contribution in [0.25, 0.3) is 0 Å². The lowest BCUT2D eigenvalue weighted by Crippen LogP contribution is -2.45. The van der Waals surface area contributed by atoms with Gasteiger partial charge in [-0.25, -0.2) is 0 Å². The van der Waals surface area contributed by atoms with Crippen LogP contribution < -0.4 is 0 Å². The Balaban J connectivity index is 2.23. The molecular weight excluding hydrogens is 250 g/mol. The highest BCUT2D eigenvalue weighted by molar-refractivity contribution is 6.05. The van der Waals surface area contributed by atoms with Crippen molar-refractivity contribution in [3.8, 4) is 0 Å². The maximum Gasteiger partial charge on any atom is 0.260 e. The van der Waals surface area contributed by atoms with E-state index in [1.165, 1.54) is 11.3 Å². The molecule has 108 valence electrons. The Labute approximate surface area is 121 Å². The maximum absolute atomic E-state index is 12.7. The fraction of sp³-hybridized carbons (Fsp3) is 0.529. The molecule has 1 aromatic carbocycles. The summed E-state index contributed by atoms with van der Waals surface area (Å²) in [4.78, 5) is 26.4. The molecule has 3 heteroatoms. The number of nitrogens with zero attached hydrogens (tertiary/aromatic N) is 1. The van der Waals surface area contributed by atoms with Gasteiger partial charge in [0.15, 0.2) is 0 Å². The monoisotopic (exact) mass is 273 g/mol. The molecule has 0 aliphatic heterocycles. The van der Waals surface area contributed by atoms with Crippen LogP contribution in [0.3, 0.4) is 0 Å². The van der Waals surface area contributed by atoms with Gasteiger partial charge < -0.3 is 0 Å². The molecule has 0 N–H and O–H groups in total. The first-order chi connectivity index (χ1) is 9.63. The second-order valence-electron chi connectivity index (χ2n) is 5.58. The summed E-state index contributed by atoms with van der Waals surface area (Å²) in [5, 5.41) is 0. The molecule has 20 heavy (non-hydrogen) atoms. The van der Waals surface area contributed by atoms with Crippen LogP contribution in [0.1, 0.15) is 61.4 Å². The quantitative estimate of drug-likeness (QED) is 0.842. The van der Waals surface area contributed by atoms with Crippen LogP contribution in [0.15, 0.2) is 24.3 Å². The largest absolute Gasteiger partial charge is 0.275 e. The molecule has 1 saturated carbocycles. The zero-order valence-corrected chi connectivity index (χ0v) is 12.4. The average Bonchev–Trinajstić information content (AvgIpc) is 2.49. The molecule has 2 amide bonds. The van der Waals surface area contributed by atoms with Crippen LogP contribution in [0.4, 0.5) is 0 Å². The van der Waals surface area contributed by atoms with E-state index < -0.39 is 0 Å². The normalized spacial score (nSPS) is 15.9. The molecule has 0 radical (unpaired) electrons. The van der Waals surface area contributed by atoms with E-state index in [4.69, 9.17) is 0 Å². The Bertz CT molecular complexity index is 472. The van der Waals surface area contributed by atoms with Gasteiger partial charge in [0.1, 0.15) is 0 Å². The fourth-order valence-corrected chi connectivity index (χ4v) is 2.83. The van der Waals surface area contributed by atoms with Gasteiger partial charge in [-0.15, -0.1) is 0 Å². The van der Waals surface area contributed by atoms with E-state index in [0.29, 0.717) is 12.0 Å². The molecule has 3 nitrogen and oxygen atoms in total. The second-order valence-corrected chi connectivity index (χ2v) is 5.58. The average molecular weight is 273 g/mol. The Hall–Kier alpha value is -1.64. The smallest absolute Gasteiger partial charge is 0.260 e. The van der Waals surface area contributed by atoms with Crippen molar-refractivity contribution < 1.29 is 9.59 Å². The molecule has 0 spiro atoms. The lowest BCUT2D eigenvalue weighted by Gasteiger charge is -2.32. The maximum atomic E-state index is 12.7. The first-order valence-corrected chi connectivity index (χ1v) is 7.56. The summed E-state index contributed by atoms with van der Waals surface area (Å²) in [5.41, 5.74) is 1.73. The van der Waals surface area contributed by atoms with E-state index in [1.807, 2.05) is 38.1 Å². The van der Waals surface area contributed by atoms with Crippen molar-refractivity contribution in [2.45, 2.75) is 58.4 Å². The van der Waals surface area contributed by atoms with Gasteiger partial charge in [-0.1, -0.05) is 43.9 Å². The molecule has 1 aliphatic carbocycles. The van der Waals surface area contributed by atoms with Gasteiger partial charge in [0.2, 0.25) is 5.91 Å². The highest BCUT2D eigenvalue weighted by Gasteiger charge is 2.30. The predicted octanol–water partition coefficient (Wildman–Crippen LogP) is 3.71. The SMILES string of the molecule is CCC(=O)N(C(=O)c1ccc(C)cc1)C1CCCCC1. The summed E-state index contributed by atoms with van der Waals surface area (Å²) in [6.07, 6.45) is 5.71. The third kappa shape index (κ3) is 3.27. The van der Waals surface area contributed by atoms with Crippen molar-refractivity contribution in [1.29, 1.82) is 0 Å². The third-order valence-corrected chi connectivity index (χ3v) is 4.03. The van der Waals surface area contributed by atoms with E-state index in [0.717, 1.165) is 31.2 Å². The zero-order valence-electron chi connectivity index (χ0n) is 12.4. The molecule has 0 heterocycles. The summed E-state index contributed by atoms with van der Waals surface area (Å²) >= 11 is 0. The number of hydrogen-bond donors (Lipinski definition) is 0.